The second-order valence-electron chi connectivity index (χ2n) is 14.8. The molecule has 1 aliphatic carbocycles. The van der Waals surface area contributed by atoms with Crippen LogP contribution in [0.1, 0.15) is 120 Å². The third-order valence-electron chi connectivity index (χ3n) is 10.2. The molecule has 0 radical (unpaired) electrons. The smallest absolute Gasteiger partial charge is 0.306 e. The number of ether oxygens (including phenoxy) is 1. The molecule has 2 aromatic heterocycles. The van der Waals surface area contributed by atoms with Gasteiger partial charge >= 0.3 is 5.97 Å². The Kier molecular flexibility index (Phi) is 13.9. The number of fused-ring (bicyclic) bond motifs is 1. The summed E-state index contributed by atoms with van der Waals surface area (Å²) >= 11 is 0. The van der Waals surface area contributed by atoms with Gasteiger partial charge in [-0.25, -0.2) is 9.97 Å². The Morgan fingerprint density at radius 2 is 1.46 bits per heavy atom. The van der Waals surface area contributed by atoms with Crippen LogP contribution in [0.2, 0.25) is 5.04 Å². The van der Waals surface area contributed by atoms with Crippen LogP contribution >= 0.6 is 0 Å². The second kappa shape index (κ2) is 18.5. The summed E-state index contributed by atoms with van der Waals surface area (Å²) in [6, 6.07) is 26.1. The Balaban J connectivity index is 1.14. The van der Waals surface area contributed by atoms with Crippen LogP contribution in [0.4, 0.5) is 0 Å². The summed E-state index contributed by atoms with van der Waals surface area (Å²) in [6.45, 7) is 9.81. The van der Waals surface area contributed by atoms with E-state index < -0.39 is 8.32 Å². The summed E-state index contributed by atoms with van der Waals surface area (Å²) in [6.07, 6.45) is 17.1. The SMILES string of the molecule is CCOC(=O)C[C@H](CCCCCCc1ccc2c(n1)CCCC2)c1cnc(CCCO[Si](c2ccccc2)(c2ccccc2)C(C)(C)C)nc1. The second-order valence-corrected chi connectivity index (χ2v) is 19.1. The normalized spacial score (nSPS) is 13.8. The van der Waals surface area contributed by atoms with E-state index in [1.165, 1.54) is 46.6 Å². The van der Waals surface area contributed by atoms with Gasteiger partial charge in [-0.1, -0.05) is 107 Å². The highest BCUT2D eigenvalue weighted by atomic mass is 28.4. The molecular formula is C43H57N3O3Si. The number of carbonyl (C=O) groups is 1. The largest absolute Gasteiger partial charge is 0.466 e. The highest BCUT2D eigenvalue weighted by Crippen LogP contribution is 2.37. The average Bonchev–Trinajstić information content (AvgIpc) is 3.13. The minimum Gasteiger partial charge on any atom is -0.466 e. The van der Waals surface area contributed by atoms with Gasteiger partial charge in [0.05, 0.1) is 13.0 Å². The number of benzene rings is 2. The van der Waals surface area contributed by atoms with Crippen molar-refractivity contribution in [2.45, 2.75) is 122 Å². The molecule has 6 nitrogen and oxygen atoms in total. The molecule has 2 heterocycles. The molecule has 0 fully saturated rings. The predicted octanol–water partition coefficient (Wildman–Crippen LogP) is 8.49. The zero-order chi connectivity index (χ0) is 35.2. The highest BCUT2D eigenvalue weighted by molar-refractivity contribution is 6.99. The fourth-order valence-corrected chi connectivity index (χ4v) is 12.2. The number of aryl methyl sites for hydroxylation is 4. The summed E-state index contributed by atoms with van der Waals surface area (Å²) in [7, 11) is -2.57. The van der Waals surface area contributed by atoms with Gasteiger partial charge in [0.25, 0.3) is 8.32 Å². The van der Waals surface area contributed by atoms with Crippen LogP contribution in [0.3, 0.4) is 0 Å². The third kappa shape index (κ3) is 9.97. The van der Waals surface area contributed by atoms with Crippen molar-refractivity contribution in [3.05, 3.63) is 114 Å². The molecule has 5 rings (SSSR count). The molecule has 0 saturated heterocycles. The van der Waals surface area contributed by atoms with E-state index in [4.69, 9.17) is 24.1 Å². The molecule has 0 spiro atoms. The summed E-state index contributed by atoms with van der Waals surface area (Å²) < 4.78 is 12.4. The van der Waals surface area contributed by atoms with E-state index in [2.05, 4.69) is 93.6 Å². The maximum absolute atomic E-state index is 12.5. The Morgan fingerprint density at radius 3 is 2.12 bits per heavy atom. The molecule has 266 valence electrons. The van der Waals surface area contributed by atoms with Crippen molar-refractivity contribution in [1.29, 1.82) is 0 Å². The quantitative estimate of drug-likeness (QED) is 0.0592. The van der Waals surface area contributed by atoms with Gasteiger partial charge in [-0.3, -0.25) is 9.78 Å². The molecule has 0 amide bonds. The van der Waals surface area contributed by atoms with Crippen molar-refractivity contribution in [2.75, 3.05) is 13.2 Å². The lowest BCUT2D eigenvalue weighted by molar-refractivity contribution is -0.143. The lowest BCUT2D eigenvalue weighted by Crippen LogP contribution is -2.66. The Hall–Kier alpha value is -3.68. The predicted molar refractivity (Wildman–Crippen MR) is 206 cm³/mol. The minimum absolute atomic E-state index is 0.0552. The molecule has 0 bridgehead atoms. The molecule has 2 aromatic carbocycles. The Bertz CT molecular complexity index is 1570. The fraction of sp³-hybridized carbons (Fsp3) is 0.488. The number of pyridine rings is 1. The number of hydrogen-bond donors (Lipinski definition) is 0. The fourth-order valence-electron chi connectivity index (χ4n) is 7.55. The van der Waals surface area contributed by atoms with Gasteiger partial charge in [0.2, 0.25) is 0 Å². The number of aromatic nitrogens is 3. The van der Waals surface area contributed by atoms with Crippen molar-refractivity contribution in [1.82, 2.24) is 15.0 Å². The van der Waals surface area contributed by atoms with Crippen LogP contribution in [0.15, 0.2) is 85.2 Å². The first-order valence-corrected chi connectivity index (χ1v) is 20.9. The number of esters is 1. The van der Waals surface area contributed by atoms with Crippen LogP contribution in [0.25, 0.3) is 0 Å². The molecule has 4 aromatic rings. The van der Waals surface area contributed by atoms with E-state index >= 15 is 0 Å². The Morgan fingerprint density at radius 1 is 0.800 bits per heavy atom. The standard InChI is InChI=1S/C43H57N3O3Si/c1-5-48-42(47)31-35(20-10-6-7-11-21-37-29-28-34-19-16-17-26-40(34)46-37)36-32-44-41(45-33-36)27-18-30-49-50(43(2,3)4,38-22-12-8-13-23-38)39-24-14-9-15-25-39/h8-9,12-15,22-25,28-29,32-33,35H,5-7,10-11,16-21,26-27,30-31H2,1-4H3/t35-/m0/s1. The van der Waals surface area contributed by atoms with Crippen molar-refractivity contribution in [3.8, 4) is 0 Å². The molecule has 0 unspecified atom stereocenters. The van der Waals surface area contributed by atoms with Gasteiger partial charge in [-0.2, -0.15) is 0 Å². The first-order valence-electron chi connectivity index (χ1n) is 19.0. The van der Waals surface area contributed by atoms with Crippen molar-refractivity contribution >= 4 is 24.7 Å². The van der Waals surface area contributed by atoms with Crippen LogP contribution in [-0.4, -0.2) is 42.5 Å². The Labute approximate surface area is 301 Å². The van der Waals surface area contributed by atoms with Gasteiger partial charge < -0.3 is 9.16 Å². The van der Waals surface area contributed by atoms with Gasteiger partial charge in [-0.15, -0.1) is 0 Å². The molecule has 7 heteroatoms. The lowest BCUT2D eigenvalue weighted by atomic mass is 9.91. The van der Waals surface area contributed by atoms with Crippen LogP contribution < -0.4 is 10.4 Å². The molecule has 0 N–H and O–H groups in total. The maximum atomic E-state index is 12.5. The van der Waals surface area contributed by atoms with Crippen molar-refractivity contribution in [2.24, 2.45) is 0 Å². The minimum atomic E-state index is -2.57. The van der Waals surface area contributed by atoms with Gasteiger partial charge in [0.1, 0.15) is 5.82 Å². The summed E-state index contributed by atoms with van der Waals surface area (Å²) in [5, 5.41) is 2.53. The number of carbonyl (C=O) groups excluding carboxylic acids is 1. The van der Waals surface area contributed by atoms with E-state index in [0.717, 1.165) is 69.2 Å². The number of unbranched alkanes of at least 4 members (excludes halogenated alkanes) is 3. The van der Waals surface area contributed by atoms with E-state index in [1.54, 1.807) is 0 Å². The van der Waals surface area contributed by atoms with E-state index in [9.17, 15) is 4.79 Å². The van der Waals surface area contributed by atoms with Crippen LogP contribution in [-0.2, 0) is 39.6 Å². The molecule has 0 saturated carbocycles. The van der Waals surface area contributed by atoms with E-state index in [1.807, 2.05) is 19.3 Å². The monoisotopic (exact) mass is 691 g/mol. The molecular weight excluding hydrogens is 635 g/mol. The van der Waals surface area contributed by atoms with Crippen LogP contribution in [0, 0.1) is 0 Å². The molecule has 50 heavy (non-hydrogen) atoms. The van der Waals surface area contributed by atoms with Crippen molar-refractivity contribution in [3.63, 3.8) is 0 Å². The molecule has 1 aliphatic rings. The number of nitrogens with zero attached hydrogens (tertiary/aromatic N) is 3. The average molecular weight is 692 g/mol. The highest BCUT2D eigenvalue weighted by Gasteiger charge is 2.49. The van der Waals surface area contributed by atoms with Gasteiger partial charge in [0.15, 0.2) is 0 Å². The summed E-state index contributed by atoms with van der Waals surface area (Å²) in [5.74, 6) is 0.718. The van der Waals surface area contributed by atoms with Crippen molar-refractivity contribution < 1.29 is 14.0 Å². The first-order chi connectivity index (χ1) is 24.3. The zero-order valence-corrected chi connectivity index (χ0v) is 31.8. The summed E-state index contributed by atoms with van der Waals surface area (Å²) in [5.41, 5.74) is 5.03. The maximum Gasteiger partial charge on any atom is 0.306 e. The lowest BCUT2D eigenvalue weighted by Gasteiger charge is -2.43. The third-order valence-corrected chi connectivity index (χ3v) is 15.2. The van der Waals surface area contributed by atoms with Gasteiger partial charge in [0, 0.05) is 36.8 Å². The first kappa shape index (κ1) is 37.6. The topological polar surface area (TPSA) is 74.2 Å². The van der Waals surface area contributed by atoms with E-state index in [-0.39, 0.29) is 16.9 Å². The zero-order valence-electron chi connectivity index (χ0n) is 30.8. The number of rotatable bonds is 18. The summed E-state index contributed by atoms with van der Waals surface area (Å²) in [4.78, 5) is 27.0. The molecule has 1 atom stereocenters. The van der Waals surface area contributed by atoms with E-state index in [0.29, 0.717) is 19.6 Å². The number of hydrogen-bond acceptors (Lipinski definition) is 6. The van der Waals surface area contributed by atoms with Gasteiger partial charge in [-0.05, 0) is 96.8 Å². The van der Waals surface area contributed by atoms with Crippen LogP contribution in [0.5, 0.6) is 0 Å². The molecule has 0 aliphatic heterocycles.